The van der Waals surface area contributed by atoms with Crippen molar-refractivity contribution in [1.82, 2.24) is 0 Å². The predicted octanol–water partition coefficient (Wildman–Crippen LogP) is -2.49. The number of carbonyl (C=O) groups is 2. The molecule has 0 unspecified atom stereocenters. The summed E-state index contributed by atoms with van der Waals surface area (Å²) in [6.07, 6.45) is 0. The molecule has 0 bridgehead atoms. The van der Waals surface area contributed by atoms with Crippen LogP contribution in [0.25, 0.3) is 0 Å². The van der Waals surface area contributed by atoms with Crippen LogP contribution in [0, 0.1) is 0 Å². The smallest absolute Gasteiger partial charge is 0.0383 e. The van der Waals surface area contributed by atoms with Gasteiger partial charge in [-0.2, -0.15) is 0 Å². The molecule has 0 aliphatic rings. The van der Waals surface area contributed by atoms with Gasteiger partial charge in [0.1, 0.15) is 0 Å². The number of carboxylic acid groups (broad SMARTS) is 2. The normalized spacial score (nSPS) is 5.56. The molecule has 1 radical (unpaired) electrons. The minimum absolute atomic E-state index is 0. The first-order valence-corrected chi connectivity index (χ1v) is 1.82. The van der Waals surface area contributed by atoms with Crippen molar-refractivity contribution >= 4 is 11.9 Å². The van der Waals surface area contributed by atoms with Crippen molar-refractivity contribution in [2.75, 3.05) is 0 Å². The van der Waals surface area contributed by atoms with Gasteiger partial charge >= 0.3 is 0 Å². The van der Waals surface area contributed by atoms with E-state index in [4.69, 9.17) is 19.8 Å². The Morgan fingerprint density at radius 1 is 1.00 bits per heavy atom. The molecule has 59 valence electrons. The van der Waals surface area contributed by atoms with Gasteiger partial charge in [0.15, 0.2) is 0 Å². The summed E-state index contributed by atoms with van der Waals surface area (Å²) in [4.78, 5) is 17.8. The molecule has 0 aromatic rings. The van der Waals surface area contributed by atoms with E-state index in [0.717, 1.165) is 13.8 Å². The molecule has 0 fully saturated rings. The van der Waals surface area contributed by atoms with Crippen LogP contribution in [0.3, 0.4) is 0 Å². The van der Waals surface area contributed by atoms with E-state index >= 15 is 0 Å². The van der Waals surface area contributed by atoms with Gasteiger partial charge in [0.2, 0.25) is 0 Å². The predicted molar refractivity (Wildman–Crippen MR) is 21.4 cm³/mol. The second-order valence-electron chi connectivity index (χ2n) is 0.983. The maximum absolute atomic E-state index is 8.89. The molecule has 5 heteroatoms. The van der Waals surface area contributed by atoms with E-state index in [2.05, 4.69) is 0 Å². The number of hydrogen-bond donors (Lipinski definition) is 0. The Balaban J connectivity index is -0.0000000720. The molecule has 0 N–H and O–H groups in total. The Labute approximate surface area is 68.4 Å². The molecule has 0 amide bonds. The van der Waals surface area contributed by atoms with Crippen LogP contribution in [0.15, 0.2) is 0 Å². The van der Waals surface area contributed by atoms with Gasteiger partial charge in [-0.25, -0.2) is 0 Å². The van der Waals surface area contributed by atoms with E-state index in [1.165, 1.54) is 0 Å². The van der Waals surface area contributed by atoms with Gasteiger partial charge in [-0.3, -0.25) is 0 Å². The van der Waals surface area contributed by atoms with Crippen LogP contribution in [0.4, 0.5) is 0 Å². The first kappa shape index (κ1) is 15.9. The minimum Gasteiger partial charge on any atom is -0.550 e. The molecule has 0 aromatic heterocycles. The maximum atomic E-state index is 8.89. The molecule has 0 heterocycles. The van der Waals surface area contributed by atoms with Gasteiger partial charge in [0.25, 0.3) is 0 Å². The first-order valence-electron chi connectivity index (χ1n) is 1.82. The van der Waals surface area contributed by atoms with Crippen LogP contribution in [-0.2, 0) is 32.0 Å². The van der Waals surface area contributed by atoms with Gasteiger partial charge in [-0.15, -0.1) is 0 Å². The molecule has 0 rings (SSSR count). The minimum atomic E-state index is -1.08. The Bertz CT molecular complexity index is 70.6. The summed E-state index contributed by atoms with van der Waals surface area (Å²) in [7, 11) is 0. The van der Waals surface area contributed by atoms with E-state index in [0.29, 0.717) is 0 Å². The Morgan fingerprint density at radius 3 is 1.00 bits per heavy atom. The van der Waals surface area contributed by atoms with Crippen LogP contribution in [0.5, 0.6) is 0 Å². The number of carbonyl (C=O) groups excluding carboxylic acids is 2. The summed E-state index contributed by atoms with van der Waals surface area (Å²) in [6.45, 7) is 1.94. The zero-order valence-corrected chi connectivity index (χ0v) is 6.42. The van der Waals surface area contributed by atoms with Gasteiger partial charge in [-0.05, 0) is 13.8 Å². The molecular weight excluding hydrogens is 220 g/mol. The maximum Gasteiger partial charge on any atom is 0.0383 e. The van der Waals surface area contributed by atoms with Crippen LogP contribution in [-0.4, -0.2) is 11.9 Å². The molecular formula is C4H6AgO4-2. The van der Waals surface area contributed by atoms with Crippen molar-refractivity contribution in [3.8, 4) is 0 Å². The fraction of sp³-hybridized carbons (Fsp3) is 0.500. The monoisotopic (exact) mass is 225 g/mol. The molecule has 4 nitrogen and oxygen atoms in total. The third-order valence-electron chi connectivity index (χ3n) is 0. The van der Waals surface area contributed by atoms with Crippen molar-refractivity contribution in [1.29, 1.82) is 0 Å². The van der Waals surface area contributed by atoms with Crippen LogP contribution < -0.4 is 10.2 Å². The number of hydrogen-bond acceptors (Lipinski definition) is 4. The van der Waals surface area contributed by atoms with E-state index < -0.39 is 11.9 Å². The van der Waals surface area contributed by atoms with Crippen molar-refractivity contribution in [2.24, 2.45) is 0 Å². The third kappa shape index (κ3) is 2420. The van der Waals surface area contributed by atoms with Gasteiger partial charge < -0.3 is 19.8 Å². The third-order valence-corrected chi connectivity index (χ3v) is 0. The van der Waals surface area contributed by atoms with Gasteiger partial charge in [-0.1, -0.05) is 0 Å². The average Bonchev–Trinajstić information content (AvgIpc) is 1.25. The summed E-state index contributed by atoms with van der Waals surface area (Å²) < 4.78 is 0. The Morgan fingerprint density at radius 2 is 1.00 bits per heavy atom. The fourth-order valence-electron chi connectivity index (χ4n) is 0. The molecule has 0 atom stereocenters. The quantitative estimate of drug-likeness (QED) is 0.428. The summed E-state index contributed by atoms with van der Waals surface area (Å²) >= 11 is 0. The Hall–Kier alpha value is -0.320. The van der Waals surface area contributed by atoms with Crippen molar-refractivity contribution in [3.05, 3.63) is 0 Å². The van der Waals surface area contributed by atoms with Crippen molar-refractivity contribution in [2.45, 2.75) is 13.8 Å². The van der Waals surface area contributed by atoms with E-state index in [1.807, 2.05) is 0 Å². The van der Waals surface area contributed by atoms with Crippen LogP contribution in [0.1, 0.15) is 13.8 Å². The molecule has 0 spiro atoms. The van der Waals surface area contributed by atoms with Crippen molar-refractivity contribution < 1.29 is 42.2 Å². The number of rotatable bonds is 0. The van der Waals surface area contributed by atoms with Crippen molar-refractivity contribution in [3.63, 3.8) is 0 Å². The van der Waals surface area contributed by atoms with E-state index in [9.17, 15) is 0 Å². The molecule has 0 aromatic carbocycles. The topological polar surface area (TPSA) is 80.3 Å². The largest absolute Gasteiger partial charge is 0.550 e. The van der Waals surface area contributed by atoms with Crippen LogP contribution >= 0.6 is 0 Å². The number of aliphatic carboxylic acids is 2. The Kier molecular flexibility index (Phi) is 18.7. The molecule has 0 aliphatic carbocycles. The molecule has 0 aliphatic heterocycles. The zero-order chi connectivity index (χ0) is 7.15. The van der Waals surface area contributed by atoms with Gasteiger partial charge in [0.05, 0.1) is 0 Å². The number of carboxylic acids is 2. The second kappa shape index (κ2) is 10.6. The second-order valence-corrected chi connectivity index (χ2v) is 0.983. The van der Waals surface area contributed by atoms with E-state index in [-0.39, 0.29) is 22.4 Å². The molecule has 0 saturated carbocycles. The SMILES string of the molecule is CC(=O)[O-].CC(=O)[O-].[Ag]. The summed E-state index contributed by atoms with van der Waals surface area (Å²) in [5, 5.41) is 17.8. The summed E-state index contributed by atoms with van der Waals surface area (Å²) in [5.41, 5.74) is 0. The van der Waals surface area contributed by atoms with Crippen LogP contribution in [0.2, 0.25) is 0 Å². The zero-order valence-electron chi connectivity index (χ0n) is 4.93. The summed E-state index contributed by atoms with van der Waals surface area (Å²) in [6, 6.07) is 0. The average molecular weight is 226 g/mol. The van der Waals surface area contributed by atoms with Gasteiger partial charge in [0, 0.05) is 34.3 Å². The standard InChI is InChI=1S/2C2H4O2.Ag/c2*1-2(3)4;/h2*1H3,(H,3,4);/p-2. The summed E-state index contributed by atoms with van der Waals surface area (Å²) in [5.74, 6) is -2.17. The first-order chi connectivity index (χ1) is 3.46. The fourth-order valence-corrected chi connectivity index (χ4v) is 0. The molecule has 9 heavy (non-hydrogen) atoms. The van der Waals surface area contributed by atoms with E-state index in [1.54, 1.807) is 0 Å². The molecule has 0 saturated heterocycles.